The van der Waals surface area contributed by atoms with E-state index in [1.54, 1.807) is 6.07 Å². The lowest BCUT2D eigenvalue weighted by atomic mass is 10.1. The molecule has 0 amide bonds. The average molecular weight is 269 g/mol. The first kappa shape index (κ1) is 11.7. The third kappa shape index (κ3) is 1.86. The van der Waals surface area contributed by atoms with Crippen LogP contribution in [0.1, 0.15) is 5.56 Å². The molecule has 0 saturated heterocycles. The summed E-state index contributed by atoms with van der Waals surface area (Å²) in [5, 5.41) is 11.3. The maximum absolute atomic E-state index is 9.01. The number of benzene rings is 2. The topological polar surface area (TPSA) is 41.1 Å². The molecule has 2 aromatic heterocycles. The predicted octanol–water partition coefficient (Wildman–Crippen LogP) is 4.03. The number of pyridine rings is 1. The summed E-state index contributed by atoms with van der Waals surface area (Å²) >= 11 is 0. The van der Waals surface area contributed by atoms with Crippen molar-refractivity contribution < 1.29 is 0 Å². The van der Waals surface area contributed by atoms with Crippen LogP contribution in [0.5, 0.6) is 0 Å². The summed E-state index contributed by atoms with van der Waals surface area (Å²) < 4.78 is 2.02. The van der Waals surface area contributed by atoms with Crippen LogP contribution in [0, 0.1) is 11.3 Å². The third-order valence-electron chi connectivity index (χ3n) is 3.64. The number of aromatic nitrogens is 2. The lowest BCUT2D eigenvalue weighted by Gasteiger charge is -1.98. The zero-order valence-electron chi connectivity index (χ0n) is 11.2. The van der Waals surface area contributed by atoms with Crippen LogP contribution in [0.2, 0.25) is 0 Å². The average Bonchev–Trinajstić information content (AvgIpc) is 2.99. The van der Waals surface area contributed by atoms with Crippen molar-refractivity contribution in [2.45, 2.75) is 0 Å². The van der Waals surface area contributed by atoms with E-state index < -0.39 is 0 Å². The summed E-state index contributed by atoms with van der Waals surface area (Å²) in [5.74, 6) is 0. The molecule has 0 spiro atoms. The van der Waals surface area contributed by atoms with Crippen molar-refractivity contribution in [2.24, 2.45) is 0 Å². The predicted molar refractivity (Wildman–Crippen MR) is 82.8 cm³/mol. The molecule has 4 rings (SSSR count). The maximum Gasteiger partial charge on any atom is 0.145 e. The minimum atomic E-state index is 0.648. The van der Waals surface area contributed by atoms with Crippen LogP contribution >= 0.6 is 0 Å². The Kier molecular flexibility index (Phi) is 2.48. The first-order chi connectivity index (χ1) is 10.3. The van der Waals surface area contributed by atoms with Gasteiger partial charge in [0.2, 0.25) is 0 Å². The number of hydrogen-bond acceptors (Lipinski definition) is 2. The van der Waals surface area contributed by atoms with Crippen molar-refractivity contribution in [2.75, 3.05) is 0 Å². The first-order valence-electron chi connectivity index (χ1n) is 6.72. The highest BCUT2D eigenvalue weighted by atomic mass is 15.0. The van der Waals surface area contributed by atoms with Gasteiger partial charge in [-0.25, -0.2) is 4.98 Å². The molecule has 3 nitrogen and oxygen atoms in total. The van der Waals surface area contributed by atoms with E-state index in [1.165, 1.54) is 5.39 Å². The summed E-state index contributed by atoms with van der Waals surface area (Å²) in [7, 11) is 0. The van der Waals surface area contributed by atoms with Crippen molar-refractivity contribution in [3.8, 4) is 17.3 Å². The minimum absolute atomic E-state index is 0.648. The lowest BCUT2D eigenvalue weighted by molar-refractivity contribution is 1.20. The van der Waals surface area contributed by atoms with Crippen molar-refractivity contribution >= 4 is 16.4 Å². The highest BCUT2D eigenvalue weighted by molar-refractivity contribution is 5.94. The fraction of sp³-hybridized carbons (Fsp3) is 0. The van der Waals surface area contributed by atoms with Gasteiger partial charge in [0.15, 0.2) is 0 Å². The summed E-state index contributed by atoms with van der Waals surface area (Å²) in [6.07, 6.45) is 4.01. The minimum Gasteiger partial charge on any atom is -0.306 e. The van der Waals surface area contributed by atoms with Gasteiger partial charge in [0.25, 0.3) is 0 Å². The van der Waals surface area contributed by atoms with Crippen LogP contribution in [0.3, 0.4) is 0 Å². The Morgan fingerprint density at radius 2 is 1.90 bits per heavy atom. The van der Waals surface area contributed by atoms with Crippen molar-refractivity contribution in [3.05, 3.63) is 72.6 Å². The van der Waals surface area contributed by atoms with Gasteiger partial charge < -0.3 is 4.40 Å². The normalized spacial score (nSPS) is 10.8. The zero-order chi connectivity index (χ0) is 14.2. The molecule has 2 heterocycles. The van der Waals surface area contributed by atoms with Gasteiger partial charge in [-0.2, -0.15) is 5.26 Å². The number of hydrogen-bond donors (Lipinski definition) is 0. The van der Waals surface area contributed by atoms with Crippen LogP contribution in [0.15, 0.2) is 67.0 Å². The van der Waals surface area contributed by atoms with E-state index >= 15 is 0 Å². The molecule has 2 aromatic carbocycles. The van der Waals surface area contributed by atoms with Crippen molar-refractivity contribution in [1.29, 1.82) is 5.26 Å². The molecule has 0 radical (unpaired) electrons. The molecule has 0 aliphatic heterocycles. The summed E-state index contributed by atoms with van der Waals surface area (Å²) in [4.78, 5) is 4.74. The van der Waals surface area contributed by atoms with Gasteiger partial charge in [-0.3, -0.25) is 0 Å². The number of nitriles is 1. The summed E-state index contributed by atoms with van der Waals surface area (Å²) in [5.41, 5.74) is 3.42. The number of nitrogens with zero attached hydrogens (tertiary/aromatic N) is 3. The molecule has 98 valence electrons. The standard InChI is InChI=1S/C18H11N3/c19-11-13-4-3-6-15(10-13)17-12-21-9-8-14-5-1-2-7-16(14)18(21)20-17/h1-10,12H. The van der Waals surface area contributed by atoms with E-state index in [0.717, 1.165) is 22.3 Å². The molecular weight excluding hydrogens is 258 g/mol. The first-order valence-corrected chi connectivity index (χ1v) is 6.72. The third-order valence-corrected chi connectivity index (χ3v) is 3.64. The summed E-state index contributed by atoms with van der Waals surface area (Å²) in [6.45, 7) is 0. The van der Waals surface area contributed by atoms with E-state index in [4.69, 9.17) is 10.2 Å². The van der Waals surface area contributed by atoms with E-state index in [9.17, 15) is 0 Å². The summed E-state index contributed by atoms with van der Waals surface area (Å²) in [6, 6.07) is 20.0. The molecule has 0 N–H and O–H groups in total. The monoisotopic (exact) mass is 269 g/mol. The van der Waals surface area contributed by atoms with Crippen LogP contribution in [0.25, 0.3) is 27.7 Å². The fourth-order valence-corrected chi connectivity index (χ4v) is 2.60. The van der Waals surface area contributed by atoms with Gasteiger partial charge in [-0.05, 0) is 23.6 Å². The van der Waals surface area contributed by atoms with Crippen molar-refractivity contribution in [1.82, 2.24) is 9.38 Å². The van der Waals surface area contributed by atoms with Crippen LogP contribution in [-0.2, 0) is 0 Å². The second-order valence-electron chi connectivity index (χ2n) is 4.95. The zero-order valence-corrected chi connectivity index (χ0v) is 11.2. The molecule has 3 heteroatoms. The maximum atomic E-state index is 9.01. The second kappa shape index (κ2) is 4.46. The Morgan fingerprint density at radius 3 is 2.81 bits per heavy atom. The largest absolute Gasteiger partial charge is 0.306 e. The molecule has 0 unspecified atom stereocenters. The molecular formula is C18H11N3. The van der Waals surface area contributed by atoms with Crippen molar-refractivity contribution in [3.63, 3.8) is 0 Å². The van der Waals surface area contributed by atoms with E-state index in [-0.39, 0.29) is 0 Å². The van der Waals surface area contributed by atoms with Gasteiger partial charge >= 0.3 is 0 Å². The molecule has 0 fully saturated rings. The second-order valence-corrected chi connectivity index (χ2v) is 4.95. The smallest absolute Gasteiger partial charge is 0.145 e. The van der Waals surface area contributed by atoms with Crippen LogP contribution in [0.4, 0.5) is 0 Å². The molecule has 0 bridgehead atoms. The Bertz CT molecular complexity index is 1010. The van der Waals surface area contributed by atoms with Gasteiger partial charge in [-0.15, -0.1) is 0 Å². The highest BCUT2D eigenvalue weighted by Crippen LogP contribution is 2.24. The quantitative estimate of drug-likeness (QED) is 0.523. The Morgan fingerprint density at radius 1 is 1.00 bits per heavy atom. The number of imidazole rings is 1. The number of rotatable bonds is 1. The van der Waals surface area contributed by atoms with Gasteiger partial charge in [0, 0.05) is 23.3 Å². The van der Waals surface area contributed by atoms with Gasteiger partial charge in [0.05, 0.1) is 17.3 Å². The molecule has 0 aliphatic rings. The van der Waals surface area contributed by atoms with E-state index in [2.05, 4.69) is 24.3 Å². The molecule has 4 aromatic rings. The Labute approximate surface area is 121 Å². The number of fused-ring (bicyclic) bond motifs is 3. The van der Waals surface area contributed by atoms with E-state index in [0.29, 0.717) is 5.56 Å². The van der Waals surface area contributed by atoms with E-state index in [1.807, 2.05) is 47.1 Å². The molecule has 0 atom stereocenters. The Hall–Kier alpha value is -3.12. The van der Waals surface area contributed by atoms with Crippen LogP contribution < -0.4 is 0 Å². The highest BCUT2D eigenvalue weighted by Gasteiger charge is 2.07. The lowest BCUT2D eigenvalue weighted by Crippen LogP contribution is -1.83. The Balaban J connectivity index is 1.98. The van der Waals surface area contributed by atoms with Crippen LogP contribution in [-0.4, -0.2) is 9.38 Å². The van der Waals surface area contributed by atoms with Gasteiger partial charge in [-0.1, -0.05) is 36.4 Å². The van der Waals surface area contributed by atoms with Gasteiger partial charge in [0.1, 0.15) is 5.65 Å². The fourth-order valence-electron chi connectivity index (χ4n) is 2.60. The molecule has 0 aliphatic carbocycles. The molecule has 21 heavy (non-hydrogen) atoms. The SMILES string of the molecule is N#Cc1cccc(-c2cn3ccc4ccccc4c3n2)c1. The molecule has 0 saturated carbocycles.